The maximum absolute atomic E-state index is 13.3. The fraction of sp³-hybridized carbons (Fsp3) is 0.143. The Balaban J connectivity index is 2.51. The molecule has 0 saturated heterocycles. The lowest BCUT2D eigenvalue weighted by Gasteiger charge is -2.16. The zero-order valence-electron chi connectivity index (χ0n) is 10.0. The lowest BCUT2D eigenvalue weighted by molar-refractivity contribution is 0.214. The summed E-state index contributed by atoms with van der Waals surface area (Å²) in [5, 5.41) is 11.1. The second-order valence-electron chi connectivity index (χ2n) is 3.95. The molecule has 0 bridgehead atoms. The van der Waals surface area contributed by atoms with Crippen LogP contribution in [0.15, 0.2) is 36.4 Å². The van der Waals surface area contributed by atoms with E-state index in [1.807, 2.05) is 0 Å². The Morgan fingerprint density at radius 1 is 1.11 bits per heavy atom. The van der Waals surface area contributed by atoms with Crippen LogP contribution in [0, 0.1) is 5.82 Å². The third-order valence-electron chi connectivity index (χ3n) is 2.74. The summed E-state index contributed by atoms with van der Waals surface area (Å²) in [6.07, 6.45) is -1.11. The van der Waals surface area contributed by atoms with Crippen LogP contribution >= 0.6 is 23.2 Å². The topological polar surface area (TPSA) is 29.5 Å². The third-order valence-corrected chi connectivity index (χ3v) is 3.32. The highest BCUT2D eigenvalue weighted by molar-refractivity contribution is 6.33. The molecule has 1 unspecified atom stereocenters. The summed E-state index contributed by atoms with van der Waals surface area (Å²) in [7, 11) is 1.45. The van der Waals surface area contributed by atoms with Crippen LogP contribution < -0.4 is 4.74 Å². The van der Waals surface area contributed by atoms with Crippen LogP contribution in [0.1, 0.15) is 17.2 Å². The largest absolute Gasteiger partial charge is 0.496 e. The number of hydrogen-bond donors (Lipinski definition) is 1. The van der Waals surface area contributed by atoms with Gasteiger partial charge in [0.25, 0.3) is 0 Å². The van der Waals surface area contributed by atoms with Gasteiger partial charge in [0.2, 0.25) is 0 Å². The molecule has 0 saturated carbocycles. The van der Waals surface area contributed by atoms with Gasteiger partial charge in [0.1, 0.15) is 17.7 Å². The Labute approximate surface area is 120 Å². The van der Waals surface area contributed by atoms with Crippen LogP contribution in [0.2, 0.25) is 10.0 Å². The summed E-state index contributed by atoms with van der Waals surface area (Å²) in [6.45, 7) is 0. The monoisotopic (exact) mass is 300 g/mol. The molecule has 0 amide bonds. The first kappa shape index (κ1) is 14.1. The van der Waals surface area contributed by atoms with Crippen LogP contribution in [-0.4, -0.2) is 12.2 Å². The number of hydrogen-bond acceptors (Lipinski definition) is 2. The zero-order chi connectivity index (χ0) is 14.0. The predicted octanol–water partition coefficient (Wildman–Crippen LogP) is 4.22. The molecule has 0 aromatic heterocycles. The molecule has 1 N–H and O–H groups in total. The van der Waals surface area contributed by atoms with Gasteiger partial charge in [-0.05, 0) is 36.4 Å². The lowest BCUT2D eigenvalue weighted by Crippen LogP contribution is -2.04. The maximum Gasteiger partial charge on any atom is 0.125 e. The highest BCUT2D eigenvalue weighted by atomic mass is 35.5. The number of rotatable bonds is 3. The molecule has 2 aromatic rings. The number of aliphatic hydroxyl groups is 1. The van der Waals surface area contributed by atoms with E-state index < -0.39 is 11.9 Å². The van der Waals surface area contributed by atoms with Gasteiger partial charge in [0.15, 0.2) is 0 Å². The minimum absolute atomic E-state index is 0.298. The third kappa shape index (κ3) is 3.00. The van der Waals surface area contributed by atoms with Crippen molar-refractivity contribution < 1.29 is 14.2 Å². The van der Waals surface area contributed by atoms with Crippen molar-refractivity contribution in [2.45, 2.75) is 6.10 Å². The Morgan fingerprint density at radius 3 is 2.53 bits per heavy atom. The molecule has 19 heavy (non-hydrogen) atoms. The van der Waals surface area contributed by atoms with Gasteiger partial charge >= 0.3 is 0 Å². The molecule has 0 spiro atoms. The molecule has 0 aliphatic rings. The van der Waals surface area contributed by atoms with Crippen LogP contribution in [0.25, 0.3) is 0 Å². The van der Waals surface area contributed by atoms with Crippen molar-refractivity contribution in [3.8, 4) is 5.75 Å². The lowest BCUT2D eigenvalue weighted by atomic mass is 10.0. The molecule has 0 fully saturated rings. The van der Waals surface area contributed by atoms with Gasteiger partial charge in [-0.3, -0.25) is 0 Å². The van der Waals surface area contributed by atoms with Crippen molar-refractivity contribution in [1.29, 1.82) is 0 Å². The first-order valence-electron chi connectivity index (χ1n) is 5.49. The number of benzene rings is 2. The summed E-state index contributed by atoms with van der Waals surface area (Å²) >= 11 is 11.9. The van der Waals surface area contributed by atoms with Gasteiger partial charge in [-0.25, -0.2) is 4.39 Å². The Morgan fingerprint density at radius 2 is 1.84 bits per heavy atom. The average Bonchev–Trinajstić information content (AvgIpc) is 2.40. The summed E-state index contributed by atoms with van der Waals surface area (Å²) in [5.41, 5.74) is 0.699. The molecule has 5 heteroatoms. The van der Waals surface area contributed by atoms with E-state index in [2.05, 4.69) is 0 Å². The standard InChI is InChI=1S/C14H11Cl2FO2/c1-19-13-5-3-9(17)7-11(13)14(18)10-6-8(15)2-4-12(10)16/h2-7,14,18H,1H3. The highest BCUT2D eigenvalue weighted by Crippen LogP contribution is 2.35. The van der Waals surface area contributed by atoms with Crippen molar-refractivity contribution in [3.63, 3.8) is 0 Å². The van der Waals surface area contributed by atoms with E-state index in [0.29, 0.717) is 26.9 Å². The normalized spacial score (nSPS) is 12.3. The molecule has 2 aromatic carbocycles. The van der Waals surface area contributed by atoms with Crippen LogP contribution in [0.4, 0.5) is 4.39 Å². The summed E-state index contributed by atoms with van der Waals surface area (Å²) in [6, 6.07) is 8.65. The molecule has 2 nitrogen and oxygen atoms in total. The molecule has 2 rings (SSSR count). The van der Waals surface area contributed by atoms with E-state index in [-0.39, 0.29) is 0 Å². The van der Waals surface area contributed by atoms with Gasteiger partial charge in [0.05, 0.1) is 7.11 Å². The van der Waals surface area contributed by atoms with Gasteiger partial charge in [0, 0.05) is 21.2 Å². The summed E-state index contributed by atoms with van der Waals surface area (Å²) in [4.78, 5) is 0. The van der Waals surface area contributed by atoms with E-state index in [9.17, 15) is 9.50 Å². The van der Waals surface area contributed by atoms with E-state index in [1.54, 1.807) is 18.2 Å². The second-order valence-corrected chi connectivity index (χ2v) is 4.80. The van der Waals surface area contributed by atoms with Crippen molar-refractivity contribution in [1.82, 2.24) is 0 Å². The second kappa shape index (κ2) is 5.78. The smallest absolute Gasteiger partial charge is 0.125 e. The first-order chi connectivity index (χ1) is 9.02. The molecule has 0 aliphatic heterocycles. The fourth-order valence-electron chi connectivity index (χ4n) is 1.81. The maximum atomic E-state index is 13.3. The van der Waals surface area contributed by atoms with Crippen molar-refractivity contribution in [2.24, 2.45) is 0 Å². The number of ether oxygens (including phenoxy) is 1. The minimum Gasteiger partial charge on any atom is -0.496 e. The Bertz CT molecular complexity index is 602. The first-order valence-corrected chi connectivity index (χ1v) is 6.25. The van der Waals surface area contributed by atoms with Crippen LogP contribution in [0.5, 0.6) is 5.75 Å². The average molecular weight is 301 g/mol. The van der Waals surface area contributed by atoms with Gasteiger partial charge in [-0.2, -0.15) is 0 Å². The predicted molar refractivity (Wildman–Crippen MR) is 73.5 cm³/mol. The number of halogens is 3. The Hall–Kier alpha value is -1.29. The van der Waals surface area contributed by atoms with E-state index in [4.69, 9.17) is 27.9 Å². The SMILES string of the molecule is COc1ccc(F)cc1C(O)c1cc(Cl)ccc1Cl. The van der Waals surface area contributed by atoms with E-state index in [0.717, 1.165) is 0 Å². The number of aliphatic hydroxyl groups excluding tert-OH is 1. The molecule has 100 valence electrons. The molecular weight excluding hydrogens is 290 g/mol. The van der Waals surface area contributed by atoms with Crippen LogP contribution in [-0.2, 0) is 0 Å². The van der Waals surface area contributed by atoms with E-state index >= 15 is 0 Å². The van der Waals surface area contributed by atoms with E-state index in [1.165, 1.54) is 25.3 Å². The van der Waals surface area contributed by atoms with Gasteiger partial charge < -0.3 is 9.84 Å². The number of methoxy groups -OCH3 is 1. The molecular formula is C14H11Cl2FO2. The molecule has 0 aliphatic carbocycles. The molecule has 0 heterocycles. The van der Waals surface area contributed by atoms with Crippen molar-refractivity contribution in [3.05, 3.63) is 63.4 Å². The molecule has 0 radical (unpaired) electrons. The van der Waals surface area contributed by atoms with Crippen molar-refractivity contribution >= 4 is 23.2 Å². The van der Waals surface area contributed by atoms with Crippen molar-refractivity contribution in [2.75, 3.05) is 7.11 Å². The zero-order valence-corrected chi connectivity index (χ0v) is 11.5. The fourth-order valence-corrected chi connectivity index (χ4v) is 2.21. The summed E-state index contributed by atoms with van der Waals surface area (Å²) in [5.74, 6) is -0.0852. The highest BCUT2D eigenvalue weighted by Gasteiger charge is 2.19. The van der Waals surface area contributed by atoms with Gasteiger partial charge in [-0.15, -0.1) is 0 Å². The van der Waals surface area contributed by atoms with Crippen LogP contribution in [0.3, 0.4) is 0 Å². The molecule has 1 atom stereocenters. The van der Waals surface area contributed by atoms with Gasteiger partial charge in [-0.1, -0.05) is 23.2 Å². The Kier molecular flexibility index (Phi) is 4.30. The summed E-state index contributed by atoms with van der Waals surface area (Å²) < 4.78 is 18.4. The minimum atomic E-state index is -1.11. The quantitative estimate of drug-likeness (QED) is 0.919.